The highest BCUT2D eigenvalue weighted by molar-refractivity contribution is 5.94. The molecule has 0 saturated heterocycles. The van der Waals surface area contributed by atoms with Crippen LogP contribution in [-0.2, 0) is 7.05 Å². The van der Waals surface area contributed by atoms with Gasteiger partial charge in [-0.3, -0.25) is 0 Å². The highest BCUT2D eigenvalue weighted by Crippen LogP contribution is 2.33. The summed E-state index contributed by atoms with van der Waals surface area (Å²) in [5, 5.41) is 3.40. The molecular weight excluding hydrogens is 336 g/mol. The lowest BCUT2D eigenvalue weighted by atomic mass is 10.1. The summed E-state index contributed by atoms with van der Waals surface area (Å²) >= 11 is 0. The van der Waals surface area contributed by atoms with Gasteiger partial charge in [-0.25, -0.2) is 4.98 Å². The van der Waals surface area contributed by atoms with Crippen molar-refractivity contribution in [1.82, 2.24) is 9.55 Å². The van der Waals surface area contributed by atoms with E-state index in [1.54, 1.807) is 13.3 Å². The minimum atomic E-state index is 0.636. The van der Waals surface area contributed by atoms with E-state index in [1.807, 2.05) is 31.3 Å². The van der Waals surface area contributed by atoms with Gasteiger partial charge in [0.25, 0.3) is 0 Å². The average molecular weight is 354 g/mol. The van der Waals surface area contributed by atoms with Crippen LogP contribution >= 0.6 is 0 Å². The number of para-hydroxylation sites is 1. The molecule has 5 rings (SSSR count). The van der Waals surface area contributed by atoms with Gasteiger partial charge in [0.1, 0.15) is 5.75 Å². The summed E-state index contributed by atoms with van der Waals surface area (Å²) in [4.78, 5) is 4.53. The molecule has 0 N–H and O–H groups in total. The molecule has 27 heavy (non-hydrogen) atoms. The van der Waals surface area contributed by atoms with Crippen molar-refractivity contribution in [3.05, 3.63) is 73.1 Å². The van der Waals surface area contributed by atoms with Gasteiger partial charge < -0.3 is 13.7 Å². The number of hydrogen-bond acceptors (Lipinski definition) is 3. The van der Waals surface area contributed by atoms with Crippen molar-refractivity contribution in [2.75, 3.05) is 7.11 Å². The third-order valence-corrected chi connectivity index (χ3v) is 4.96. The second-order valence-electron chi connectivity index (χ2n) is 6.63. The molecule has 0 radical (unpaired) electrons. The minimum Gasteiger partial charge on any atom is -0.497 e. The van der Waals surface area contributed by atoms with Crippen LogP contribution in [0.1, 0.15) is 0 Å². The predicted octanol–water partition coefficient (Wildman–Crippen LogP) is 5.66. The summed E-state index contributed by atoms with van der Waals surface area (Å²) in [5.74, 6) is 2.25. The fourth-order valence-electron chi connectivity index (χ4n) is 3.55. The van der Waals surface area contributed by atoms with Gasteiger partial charge in [-0.1, -0.05) is 36.4 Å². The second kappa shape index (κ2) is 6.02. The first-order valence-electron chi connectivity index (χ1n) is 8.81. The first kappa shape index (κ1) is 15.7. The topological polar surface area (TPSA) is 40.2 Å². The molecule has 0 saturated carbocycles. The Bertz CT molecular complexity index is 1280. The summed E-state index contributed by atoms with van der Waals surface area (Å²) in [6.07, 6.45) is 3.86. The number of nitrogens with zero attached hydrogens (tertiary/aromatic N) is 2. The quantitative estimate of drug-likeness (QED) is 0.419. The van der Waals surface area contributed by atoms with Gasteiger partial charge in [-0.05, 0) is 35.0 Å². The van der Waals surface area contributed by atoms with E-state index < -0.39 is 0 Å². The number of fused-ring (bicyclic) bond motifs is 2. The third kappa shape index (κ3) is 2.57. The molecule has 4 nitrogen and oxygen atoms in total. The lowest BCUT2D eigenvalue weighted by Crippen LogP contribution is -1.82. The van der Waals surface area contributed by atoms with Crippen molar-refractivity contribution in [2.24, 2.45) is 7.05 Å². The fraction of sp³-hybridized carbons (Fsp3) is 0.0870. The molecule has 3 aromatic carbocycles. The summed E-state index contributed by atoms with van der Waals surface area (Å²) in [6, 6.07) is 20.6. The number of aryl methyl sites for hydroxylation is 1. The van der Waals surface area contributed by atoms with Crippen molar-refractivity contribution >= 4 is 21.7 Å². The van der Waals surface area contributed by atoms with Crippen LogP contribution in [0.4, 0.5) is 0 Å². The smallest absolute Gasteiger partial charge is 0.228 e. The van der Waals surface area contributed by atoms with E-state index >= 15 is 0 Å². The summed E-state index contributed by atoms with van der Waals surface area (Å²) in [5.41, 5.74) is 3.17. The maximum Gasteiger partial charge on any atom is 0.228 e. The number of ether oxygens (including phenoxy) is 1. The van der Waals surface area contributed by atoms with E-state index in [9.17, 15) is 0 Å². The average Bonchev–Trinajstić information content (AvgIpc) is 3.32. The molecule has 2 aromatic heterocycles. The Kier molecular flexibility index (Phi) is 3.50. The van der Waals surface area contributed by atoms with E-state index in [1.165, 1.54) is 0 Å². The molecule has 2 heterocycles. The van der Waals surface area contributed by atoms with Crippen LogP contribution in [0.3, 0.4) is 0 Å². The van der Waals surface area contributed by atoms with Gasteiger partial charge in [0.2, 0.25) is 5.89 Å². The number of aromatic nitrogens is 2. The third-order valence-electron chi connectivity index (χ3n) is 4.96. The van der Waals surface area contributed by atoms with Crippen LogP contribution in [0.5, 0.6) is 5.75 Å². The molecule has 0 fully saturated rings. The molecular formula is C23H18N2O2. The molecule has 0 aliphatic heterocycles. The van der Waals surface area contributed by atoms with Crippen molar-refractivity contribution in [3.63, 3.8) is 0 Å². The molecule has 0 atom stereocenters. The normalized spacial score (nSPS) is 11.3. The van der Waals surface area contributed by atoms with E-state index in [0.717, 1.165) is 44.3 Å². The van der Waals surface area contributed by atoms with Crippen LogP contribution in [0.2, 0.25) is 0 Å². The van der Waals surface area contributed by atoms with E-state index in [4.69, 9.17) is 9.15 Å². The molecule has 0 aliphatic carbocycles. The zero-order valence-corrected chi connectivity index (χ0v) is 15.1. The van der Waals surface area contributed by atoms with Gasteiger partial charge in [0, 0.05) is 29.7 Å². The van der Waals surface area contributed by atoms with Gasteiger partial charge in [-0.2, -0.15) is 0 Å². The molecule has 0 bridgehead atoms. The number of benzene rings is 3. The second-order valence-corrected chi connectivity index (χ2v) is 6.63. The number of oxazole rings is 1. The van der Waals surface area contributed by atoms with Crippen LogP contribution in [0, 0.1) is 0 Å². The minimum absolute atomic E-state index is 0.636. The van der Waals surface area contributed by atoms with Crippen LogP contribution in [0.15, 0.2) is 77.5 Å². The summed E-state index contributed by atoms with van der Waals surface area (Å²) in [7, 11) is 3.71. The highest BCUT2D eigenvalue weighted by Gasteiger charge is 2.14. The maximum atomic E-state index is 6.12. The van der Waals surface area contributed by atoms with Crippen molar-refractivity contribution < 1.29 is 9.15 Å². The molecule has 0 aliphatic rings. The van der Waals surface area contributed by atoms with E-state index in [2.05, 4.69) is 52.1 Å². The molecule has 0 spiro atoms. The maximum absolute atomic E-state index is 6.12. The van der Waals surface area contributed by atoms with E-state index in [0.29, 0.717) is 5.89 Å². The van der Waals surface area contributed by atoms with Gasteiger partial charge in [-0.15, -0.1) is 0 Å². The van der Waals surface area contributed by atoms with Crippen LogP contribution in [0.25, 0.3) is 44.5 Å². The Morgan fingerprint density at radius 2 is 1.78 bits per heavy atom. The van der Waals surface area contributed by atoms with E-state index in [-0.39, 0.29) is 0 Å². The zero-order valence-electron chi connectivity index (χ0n) is 15.1. The molecule has 132 valence electrons. The molecule has 0 unspecified atom stereocenters. The van der Waals surface area contributed by atoms with Crippen molar-refractivity contribution in [1.29, 1.82) is 0 Å². The lowest BCUT2D eigenvalue weighted by molar-refractivity contribution is 0.415. The number of methoxy groups -OCH3 is 1. The molecule has 4 heteroatoms. The largest absolute Gasteiger partial charge is 0.497 e. The number of hydrogen-bond donors (Lipinski definition) is 0. The Hall–Kier alpha value is -3.53. The Labute approximate surface area is 156 Å². The van der Waals surface area contributed by atoms with Gasteiger partial charge in [0.15, 0.2) is 5.76 Å². The molecule has 0 amide bonds. The zero-order chi connectivity index (χ0) is 18.4. The van der Waals surface area contributed by atoms with Crippen molar-refractivity contribution in [2.45, 2.75) is 0 Å². The SMILES string of the molecule is COc1ccc2cc(-c3cnc(-c4cn(C)c5ccccc45)o3)ccc2c1. The van der Waals surface area contributed by atoms with Gasteiger partial charge >= 0.3 is 0 Å². The number of rotatable bonds is 3. The van der Waals surface area contributed by atoms with Gasteiger partial charge in [0.05, 0.1) is 18.9 Å². The Morgan fingerprint density at radius 3 is 2.67 bits per heavy atom. The van der Waals surface area contributed by atoms with Crippen molar-refractivity contribution in [3.8, 4) is 28.5 Å². The van der Waals surface area contributed by atoms with Crippen LogP contribution < -0.4 is 4.74 Å². The first-order valence-corrected chi connectivity index (χ1v) is 8.81. The fourth-order valence-corrected chi connectivity index (χ4v) is 3.55. The molecule has 5 aromatic rings. The first-order chi connectivity index (χ1) is 13.2. The monoisotopic (exact) mass is 354 g/mol. The predicted molar refractivity (Wildman–Crippen MR) is 108 cm³/mol. The summed E-state index contributed by atoms with van der Waals surface area (Å²) < 4.78 is 13.5. The highest BCUT2D eigenvalue weighted by atomic mass is 16.5. The summed E-state index contributed by atoms with van der Waals surface area (Å²) in [6.45, 7) is 0. The lowest BCUT2D eigenvalue weighted by Gasteiger charge is -2.04. The Balaban J connectivity index is 1.58. The standard InChI is InChI=1S/C23H18N2O2/c1-25-14-20(19-5-3-4-6-21(19)25)23-24-13-22(27-23)17-8-7-16-12-18(26-2)10-9-15(16)11-17/h3-14H,1-2H3. The Morgan fingerprint density at radius 1 is 0.963 bits per heavy atom. The van der Waals surface area contributed by atoms with Crippen LogP contribution in [-0.4, -0.2) is 16.7 Å².